The molecule has 19 heavy (non-hydrogen) atoms. The molecule has 0 amide bonds. The number of nitrogens with zero attached hydrogens (tertiary/aromatic N) is 1. The molecule has 0 atom stereocenters. The smallest absolute Gasteiger partial charge is 0.0704 e. The van der Waals surface area contributed by atoms with Crippen molar-refractivity contribution >= 4 is 23.3 Å². The van der Waals surface area contributed by atoms with Crippen molar-refractivity contribution in [3.8, 4) is 0 Å². The fraction of sp³-hybridized carbons (Fsp3) is 0.438. The van der Waals surface area contributed by atoms with Crippen LogP contribution in [0.2, 0.25) is 0 Å². The molecule has 102 valence electrons. The van der Waals surface area contributed by atoms with E-state index in [4.69, 9.17) is 0 Å². The maximum Gasteiger partial charge on any atom is 0.0704 e. The molecule has 0 spiro atoms. The SMILES string of the molecule is Cl.c1ccc2c(CCC3CCNCC3)ccnc2c1. The number of pyridine rings is 1. The van der Waals surface area contributed by atoms with E-state index >= 15 is 0 Å². The van der Waals surface area contributed by atoms with Gasteiger partial charge in [-0.3, -0.25) is 4.98 Å². The Kier molecular flexibility index (Phi) is 5.17. The Morgan fingerprint density at radius 3 is 2.74 bits per heavy atom. The summed E-state index contributed by atoms with van der Waals surface area (Å²) in [6.07, 6.45) is 7.12. The second kappa shape index (κ2) is 6.88. The van der Waals surface area contributed by atoms with Crippen LogP contribution in [0.4, 0.5) is 0 Å². The number of rotatable bonds is 3. The molecule has 0 unspecified atom stereocenters. The zero-order valence-corrected chi connectivity index (χ0v) is 12.0. The molecule has 0 saturated carbocycles. The first-order valence-electron chi connectivity index (χ1n) is 6.97. The Labute approximate surface area is 121 Å². The minimum absolute atomic E-state index is 0. The van der Waals surface area contributed by atoms with E-state index in [0.717, 1.165) is 11.4 Å². The van der Waals surface area contributed by atoms with Gasteiger partial charge in [0.15, 0.2) is 0 Å². The van der Waals surface area contributed by atoms with Crippen molar-refractivity contribution in [2.75, 3.05) is 13.1 Å². The number of aromatic nitrogens is 1. The average molecular weight is 277 g/mol. The lowest BCUT2D eigenvalue weighted by molar-refractivity contribution is 0.354. The minimum atomic E-state index is 0. The maximum atomic E-state index is 4.43. The lowest BCUT2D eigenvalue weighted by atomic mass is 9.91. The first-order chi connectivity index (χ1) is 8.93. The lowest BCUT2D eigenvalue weighted by Gasteiger charge is -2.22. The summed E-state index contributed by atoms with van der Waals surface area (Å²) in [7, 11) is 0. The number of nitrogens with one attached hydrogen (secondary N) is 1. The fourth-order valence-corrected chi connectivity index (χ4v) is 2.90. The van der Waals surface area contributed by atoms with Gasteiger partial charge in [-0.1, -0.05) is 18.2 Å². The van der Waals surface area contributed by atoms with E-state index < -0.39 is 0 Å². The summed E-state index contributed by atoms with van der Waals surface area (Å²) in [5, 5.41) is 4.76. The van der Waals surface area contributed by atoms with Gasteiger partial charge >= 0.3 is 0 Å². The van der Waals surface area contributed by atoms with E-state index in [1.807, 2.05) is 6.20 Å². The first kappa shape index (κ1) is 14.3. The van der Waals surface area contributed by atoms with Crippen LogP contribution in [0.15, 0.2) is 36.5 Å². The Balaban J connectivity index is 0.00000133. The van der Waals surface area contributed by atoms with Gasteiger partial charge in [-0.2, -0.15) is 0 Å². The third-order valence-corrected chi connectivity index (χ3v) is 4.02. The molecule has 1 N–H and O–H groups in total. The zero-order chi connectivity index (χ0) is 12.2. The molecule has 3 heteroatoms. The van der Waals surface area contributed by atoms with Gasteiger partial charge < -0.3 is 5.32 Å². The minimum Gasteiger partial charge on any atom is -0.317 e. The van der Waals surface area contributed by atoms with Gasteiger partial charge in [0.25, 0.3) is 0 Å². The monoisotopic (exact) mass is 276 g/mol. The summed E-state index contributed by atoms with van der Waals surface area (Å²) in [6.45, 7) is 2.39. The van der Waals surface area contributed by atoms with E-state index in [1.54, 1.807) is 0 Å². The highest BCUT2D eigenvalue weighted by molar-refractivity contribution is 5.85. The second-order valence-electron chi connectivity index (χ2n) is 5.22. The summed E-state index contributed by atoms with van der Waals surface area (Å²) >= 11 is 0. The van der Waals surface area contributed by atoms with Crippen LogP contribution in [-0.2, 0) is 6.42 Å². The number of hydrogen-bond acceptors (Lipinski definition) is 2. The summed E-state index contributed by atoms with van der Waals surface area (Å²) in [5.74, 6) is 0.901. The number of hydrogen-bond donors (Lipinski definition) is 1. The van der Waals surface area contributed by atoms with Gasteiger partial charge in [-0.05, 0) is 62.4 Å². The molecule has 2 heterocycles. The van der Waals surface area contributed by atoms with Crippen molar-refractivity contribution in [3.63, 3.8) is 0 Å². The molecule has 1 fully saturated rings. The molecule has 1 aliphatic heterocycles. The number of halogens is 1. The summed E-state index contributed by atoms with van der Waals surface area (Å²) in [6, 6.07) is 10.6. The molecule has 1 saturated heterocycles. The van der Waals surface area contributed by atoms with Crippen molar-refractivity contribution in [1.29, 1.82) is 0 Å². The summed E-state index contributed by atoms with van der Waals surface area (Å²) in [5.41, 5.74) is 2.58. The lowest BCUT2D eigenvalue weighted by Crippen LogP contribution is -2.27. The fourth-order valence-electron chi connectivity index (χ4n) is 2.90. The Morgan fingerprint density at radius 2 is 1.89 bits per heavy atom. The maximum absolute atomic E-state index is 4.43. The van der Waals surface area contributed by atoms with E-state index in [2.05, 4.69) is 40.6 Å². The Hall–Kier alpha value is -1.12. The van der Waals surface area contributed by atoms with Gasteiger partial charge in [0.2, 0.25) is 0 Å². The van der Waals surface area contributed by atoms with E-state index in [1.165, 1.54) is 49.7 Å². The number of piperidine rings is 1. The molecule has 2 nitrogen and oxygen atoms in total. The molecule has 2 aromatic rings. The highest BCUT2D eigenvalue weighted by Gasteiger charge is 2.13. The van der Waals surface area contributed by atoms with Gasteiger partial charge in [0, 0.05) is 11.6 Å². The topological polar surface area (TPSA) is 24.9 Å². The number of fused-ring (bicyclic) bond motifs is 1. The quantitative estimate of drug-likeness (QED) is 0.927. The van der Waals surface area contributed by atoms with Crippen LogP contribution in [0.5, 0.6) is 0 Å². The number of para-hydroxylation sites is 1. The number of aryl methyl sites for hydroxylation is 1. The van der Waals surface area contributed by atoms with Gasteiger partial charge in [0.05, 0.1) is 5.52 Å². The van der Waals surface area contributed by atoms with Crippen LogP contribution < -0.4 is 5.32 Å². The van der Waals surface area contributed by atoms with Gasteiger partial charge in [0.1, 0.15) is 0 Å². The predicted molar refractivity (Wildman–Crippen MR) is 82.9 cm³/mol. The molecule has 1 aromatic heterocycles. The molecule has 1 aliphatic rings. The van der Waals surface area contributed by atoms with Crippen LogP contribution in [0.25, 0.3) is 10.9 Å². The summed E-state index contributed by atoms with van der Waals surface area (Å²) in [4.78, 5) is 4.43. The molecule has 0 radical (unpaired) electrons. The third kappa shape index (κ3) is 3.46. The largest absolute Gasteiger partial charge is 0.317 e. The van der Waals surface area contributed by atoms with Crippen LogP contribution in [0.1, 0.15) is 24.8 Å². The molecule has 0 bridgehead atoms. The molecule has 1 aromatic carbocycles. The highest BCUT2D eigenvalue weighted by Crippen LogP contribution is 2.22. The highest BCUT2D eigenvalue weighted by atomic mass is 35.5. The third-order valence-electron chi connectivity index (χ3n) is 4.02. The van der Waals surface area contributed by atoms with E-state index in [-0.39, 0.29) is 12.4 Å². The molecule has 3 rings (SSSR count). The first-order valence-corrected chi connectivity index (χ1v) is 6.97. The Morgan fingerprint density at radius 1 is 1.11 bits per heavy atom. The van der Waals surface area contributed by atoms with Crippen LogP contribution >= 0.6 is 12.4 Å². The summed E-state index contributed by atoms with van der Waals surface area (Å²) < 4.78 is 0. The van der Waals surface area contributed by atoms with Crippen molar-refractivity contribution in [1.82, 2.24) is 10.3 Å². The van der Waals surface area contributed by atoms with Gasteiger partial charge in [-0.15, -0.1) is 12.4 Å². The van der Waals surface area contributed by atoms with Crippen LogP contribution in [0.3, 0.4) is 0 Å². The van der Waals surface area contributed by atoms with Crippen molar-refractivity contribution in [2.45, 2.75) is 25.7 Å². The standard InChI is InChI=1S/C16H20N2.ClH/c1-2-4-16-15(3-1)14(9-12-18-16)6-5-13-7-10-17-11-8-13;/h1-4,9,12-13,17H,5-8,10-11H2;1H. The average Bonchev–Trinajstić information content (AvgIpc) is 2.46. The second-order valence-corrected chi connectivity index (χ2v) is 5.22. The van der Waals surface area contributed by atoms with Crippen LogP contribution in [0, 0.1) is 5.92 Å². The van der Waals surface area contributed by atoms with Crippen molar-refractivity contribution < 1.29 is 0 Å². The van der Waals surface area contributed by atoms with Crippen molar-refractivity contribution in [3.05, 3.63) is 42.1 Å². The van der Waals surface area contributed by atoms with Gasteiger partial charge in [-0.25, -0.2) is 0 Å². The predicted octanol–water partition coefficient (Wildman–Crippen LogP) is 3.59. The Bertz CT molecular complexity index is 516. The van der Waals surface area contributed by atoms with Crippen molar-refractivity contribution in [2.24, 2.45) is 5.92 Å². The number of benzene rings is 1. The van der Waals surface area contributed by atoms with Crippen LogP contribution in [-0.4, -0.2) is 18.1 Å². The molecular formula is C16H21ClN2. The normalized spacial score (nSPS) is 16.2. The zero-order valence-electron chi connectivity index (χ0n) is 11.1. The molecular weight excluding hydrogens is 256 g/mol. The molecule has 0 aliphatic carbocycles. The van der Waals surface area contributed by atoms with E-state index in [0.29, 0.717) is 0 Å². The van der Waals surface area contributed by atoms with E-state index in [9.17, 15) is 0 Å².